The van der Waals surface area contributed by atoms with E-state index in [1.54, 1.807) is 12.1 Å². The standard InChI is InChI=1S/C24H27ClF3N5O.2ClH/c1-33(2)22-19-5-3-4-6-20(19)31-23(32-22)30-18-11-9-17(10-12-18)29-14-15-7-8-16(25)13-21(15)34-24(26,27)28;;/h3-8,13,17-18,29H,9-12,14H2,1-2H3,(H,30,31,32);2*1H/t17-,18+;;. The van der Waals surface area contributed by atoms with Crippen LogP contribution in [0.3, 0.4) is 0 Å². The van der Waals surface area contributed by atoms with Gasteiger partial charge in [0, 0.05) is 48.7 Å². The average molecular weight is 567 g/mol. The number of hydrogen-bond donors (Lipinski definition) is 2. The van der Waals surface area contributed by atoms with Gasteiger partial charge in [-0.15, -0.1) is 38.0 Å². The van der Waals surface area contributed by atoms with Gasteiger partial charge in [-0.2, -0.15) is 4.98 Å². The van der Waals surface area contributed by atoms with Gasteiger partial charge in [-0.05, 0) is 49.9 Å². The second-order valence-corrected chi connectivity index (χ2v) is 9.09. The third kappa shape index (κ3) is 7.90. The van der Waals surface area contributed by atoms with Gasteiger partial charge in [0.15, 0.2) is 0 Å². The Balaban J connectivity index is 0.00000228. The summed E-state index contributed by atoms with van der Waals surface area (Å²) in [4.78, 5) is 11.4. The fraction of sp³-hybridized carbons (Fsp3) is 0.417. The number of fused-ring (bicyclic) bond motifs is 1. The number of aromatic nitrogens is 2. The smallest absolute Gasteiger partial charge is 0.405 e. The minimum Gasteiger partial charge on any atom is -0.405 e. The summed E-state index contributed by atoms with van der Waals surface area (Å²) in [5.41, 5.74) is 1.31. The highest BCUT2D eigenvalue weighted by atomic mass is 35.5. The first kappa shape index (κ1) is 30.0. The molecule has 1 saturated carbocycles. The molecule has 2 aromatic carbocycles. The van der Waals surface area contributed by atoms with Gasteiger partial charge in [-0.25, -0.2) is 4.98 Å². The van der Waals surface area contributed by atoms with Gasteiger partial charge >= 0.3 is 6.36 Å². The van der Waals surface area contributed by atoms with Crippen molar-refractivity contribution in [2.75, 3.05) is 24.3 Å². The summed E-state index contributed by atoms with van der Waals surface area (Å²) in [7, 11) is 3.92. The highest BCUT2D eigenvalue weighted by Crippen LogP contribution is 2.30. The first-order chi connectivity index (χ1) is 16.2. The summed E-state index contributed by atoms with van der Waals surface area (Å²) >= 11 is 5.85. The number of nitrogens with one attached hydrogen (secondary N) is 2. The van der Waals surface area contributed by atoms with Crippen LogP contribution < -0.4 is 20.3 Å². The van der Waals surface area contributed by atoms with E-state index >= 15 is 0 Å². The molecule has 0 saturated heterocycles. The first-order valence-electron chi connectivity index (χ1n) is 11.2. The molecule has 0 amide bonds. The zero-order valence-electron chi connectivity index (χ0n) is 19.8. The zero-order valence-corrected chi connectivity index (χ0v) is 22.2. The van der Waals surface area contributed by atoms with Crippen LogP contribution in [0.15, 0.2) is 42.5 Å². The molecule has 3 aromatic rings. The number of halogens is 6. The lowest BCUT2D eigenvalue weighted by Gasteiger charge is -2.30. The molecule has 1 aliphatic rings. The second-order valence-electron chi connectivity index (χ2n) is 8.66. The van der Waals surface area contributed by atoms with Crippen LogP contribution in [0.5, 0.6) is 5.75 Å². The lowest BCUT2D eigenvalue weighted by atomic mass is 9.91. The van der Waals surface area contributed by atoms with Gasteiger partial charge in [0.1, 0.15) is 11.6 Å². The SMILES string of the molecule is CN(C)c1nc(N[C@H]2CC[C@@H](NCc3ccc(Cl)cc3OC(F)(F)F)CC2)nc2ccccc12.Cl.Cl. The molecule has 198 valence electrons. The summed E-state index contributed by atoms with van der Waals surface area (Å²) in [6, 6.07) is 12.7. The predicted octanol–water partition coefficient (Wildman–Crippen LogP) is 6.60. The molecule has 1 aromatic heterocycles. The molecule has 0 spiro atoms. The molecule has 12 heteroatoms. The van der Waals surface area contributed by atoms with Crippen molar-refractivity contribution in [3.8, 4) is 5.75 Å². The van der Waals surface area contributed by atoms with Crippen molar-refractivity contribution >= 4 is 59.1 Å². The van der Waals surface area contributed by atoms with Crippen LogP contribution in [0.2, 0.25) is 5.02 Å². The Labute approximate surface area is 225 Å². The normalized spacial score (nSPS) is 17.6. The fourth-order valence-corrected chi connectivity index (χ4v) is 4.40. The van der Waals surface area contributed by atoms with Crippen molar-refractivity contribution in [3.63, 3.8) is 0 Å². The quantitative estimate of drug-likeness (QED) is 0.336. The maximum Gasteiger partial charge on any atom is 0.573 e. The average Bonchev–Trinajstić information content (AvgIpc) is 2.78. The van der Waals surface area contributed by atoms with E-state index in [0.29, 0.717) is 11.5 Å². The predicted molar refractivity (Wildman–Crippen MR) is 143 cm³/mol. The van der Waals surface area contributed by atoms with E-state index in [9.17, 15) is 13.2 Å². The third-order valence-electron chi connectivity index (χ3n) is 5.90. The second kappa shape index (κ2) is 12.9. The van der Waals surface area contributed by atoms with Crippen molar-refractivity contribution in [3.05, 3.63) is 53.1 Å². The summed E-state index contributed by atoms with van der Waals surface area (Å²) in [5, 5.41) is 8.03. The Morgan fingerprint density at radius 2 is 1.67 bits per heavy atom. The summed E-state index contributed by atoms with van der Waals surface area (Å²) in [5.74, 6) is 1.20. The van der Waals surface area contributed by atoms with Crippen molar-refractivity contribution in [2.45, 2.75) is 50.7 Å². The molecule has 4 rings (SSSR count). The highest BCUT2D eigenvalue weighted by molar-refractivity contribution is 6.30. The van der Waals surface area contributed by atoms with Gasteiger partial charge < -0.3 is 20.3 Å². The van der Waals surface area contributed by atoms with Gasteiger partial charge in [0.2, 0.25) is 5.95 Å². The Hall–Kier alpha value is -2.20. The van der Waals surface area contributed by atoms with Crippen LogP contribution in [-0.4, -0.2) is 42.5 Å². The molecule has 36 heavy (non-hydrogen) atoms. The topological polar surface area (TPSA) is 62.3 Å². The van der Waals surface area contributed by atoms with Crippen LogP contribution in [0.4, 0.5) is 24.9 Å². The van der Waals surface area contributed by atoms with Crippen LogP contribution >= 0.6 is 36.4 Å². The molecular formula is C24H29Cl3F3N5O. The van der Waals surface area contributed by atoms with Crippen molar-refractivity contribution in [1.82, 2.24) is 15.3 Å². The Morgan fingerprint density at radius 1 is 1.00 bits per heavy atom. The number of benzene rings is 2. The first-order valence-corrected chi connectivity index (χ1v) is 11.5. The molecule has 1 fully saturated rings. The lowest BCUT2D eigenvalue weighted by Crippen LogP contribution is -2.37. The van der Waals surface area contributed by atoms with E-state index in [4.69, 9.17) is 16.6 Å². The summed E-state index contributed by atoms with van der Waals surface area (Å²) < 4.78 is 42.3. The molecule has 1 aliphatic carbocycles. The van der Waals surface area contributed by atoms with E-state index in [1.165, 1.54) is 6.07 Å². The lowest BCUT2D eigenvalue weighted by molar-refractivity contribution is -0.274. The molecule has 0 radical (unpaired) electrons. The van der Waals surface area contributed by atoms with E-state index in [2.05, 4.69) is 20.4 Å². The summed E-state index contributed by atoms with van der Waals surface area (Å²) in [6.45, 7) is 0.269. The number of ether oxygens (including phenoxy) is 1. The minimum absolute atomic E-state index is 0. The number of hydrogen-bond acceptors (Lipinski definition) is 6. The minimum atomic E-state index is -4.76. The summed E-state index contributed by atoms with van der Waals surface area (Å²) in [6.07, 6.45) is -1.19. The van der Waals surface area contributed by atoms with Crippen LogP contribution in [0.25, 0.3) is 10.9 Å². The number of alkyl halides is 3. The van der Waals surface area contributed by atoms with Gasteiger partial charge in [0.25, 0.3) is 0 Å². The van der Waals surface area contributed by atoms with Crippen LogP contribution in [0, 0.1) is 0 Å². The molecule has 0 atom stereocenters. The maximum atomic E-state index is 12.7. The molecule has 1 heterocycles. The molecular weight excluding hydrogens is 538 g/mol. The van der Waals surface area contributed by atoms with E-state index in [0.717, 1.165) is 42.4 Å². The molecule has 6 nitrogen and oxygen atoms in total. The fourth-order valence-electron chi connectivity index (χ4n) is 4.24. The molecule has 0 bridgehead atoms. The number of rotatable bonds is 7. The van der Waals surface area contributed by atoms with Crippen molar-refractivity contribution < 1.29 is 17.9 Å². The van der Waals surface area contributed by atoms with Gasteiger partial charge in [-0.3, -0.25) is 0 Å². The molecule has 2 N–H and O–H groups in total. The monoisotopic (exact) mass is 565 g/mol. The molecule has 0 aliphatic heterocycles. The Kier molecular flexibility index (Phi) is 10.7. The zero-order chi connectivity index (χ0) is 24.3. The Morgan fingerprint density at radius 3 is 2.33 bits per heavy atom. The number of nitrogens with zero attached hydrogens (tertiary/aromatic N) is 3. The van der Waals surface area contributed by atoms with Gasteiger partial charge in [0.05, 0.1) is 5.52 Å². The highest BCUT2D eigenvalue weighted by Gasteiger charge is 2.32. The van der Waals surface area contributed by atoms with E-state index < -0.39 is 6.36 Å². The number of para-hydroxylation sites is 1. The van der Waals surface area contributed by atoms with Crippen molar-refractivity contribution in [2.24, 2.45) is 0 Å². The van der Waals surface area contributed by atoms with E-state index in [1.807, 2.05) is 43.3 Å². The Bertz CT molecular complexity index is 1140. The van der Waals surface area contributed by atoms with Crippen molar-refractivity contribution in [1.29, 1.82) is 0 Å². The maximum absolute atomic E-state index is 12.7. The van der Waals surface area contributed by atoms with Crippen LogP contribution in [0.1, 0.15) is 31.2 Å². The van der Waals surface area contributed by atoms with E-state index in [-0.39, 0.29) is 54.2 Å². The largest absolute Gasteiger partial charge is 0.573 e. The van der Waals surface area contributed by atoms with Crippen LogP contribution in [-0.2, 0) is 6.54 Å². The van der Waals surface area contributed by atoms with Gasteiger partial charge in [-0.1, -0.05) is 29.8 Å². The number of anilines is 2. The third-order valence-corrected chi connectivity index (χ3v) is 6.14. The molecule has 0 unspecified atom stereocenters.